The lowest BCUT2D eigenvalue weighted by molar-refractivity contribution is -0.385. The Morgan fingerprint density at radius 3 is 2.54 bits per heavy atom. The van der Waals surface area contributed by atoms with E-state index in [1.54, 1.807) is 54.3 Å². The van der Waals surface area contributed by atoms with Crippen molar-refractivity contribution >= 4 is 23.1 Å². The van der Waals surface area contributed by atoms with Crippen molar-refractivity contribution in [2.75, 3.05) is 11.9 Å². The molecule has 1 N–H and O–H groups in total. The van der Waals surface area contributed by atoms with Crippen molar-refractivity contribution in [3.63, 3.8) is 0 Å². The molecule has 9 nitrogen and oxygen atoms in total. The fourth-order valence-corrected chi connectivity index (χ4v) is 2.49. The van der Waals surface area contributed by atoms with Crippen LogP contribution in [0.25, 0.3) is 0 Å². The summed E-state index contributed by atoms with van der Waals surface area (Å²) in [5, 5.41) is 13.5. The fourth-order valence-electron chi connectivity index (χ4n) is 2.49. The summed E-state index contributed by atoms with van der Waals surface area (Å²) in [5.41, 5.74) is 0.684. The number of ketones is 1. The zero-order valence-corrected chi connectivity index (χ0v) is 14.9. The summed E-state index contributed by atoms with van der Waals surface area (Å²) in [6, 6.07) is 12.1. The van der Waals surface area contributed by atoms with Gasteiger partial charge in [-0.2, -0.15) is 0 Å². The normalized spacial score (nSPS) is 10.3. The van der Waals surface area contributed by atoms with Gasteiger partial charge in [0.15, 0.2) is 18.2 Å². The average Bonchev–Trinajstić information content (AvgIpc) is 3.12. The highest BCUT2D eigenvalue weighted by atomic mass is 16.6. The van der Waals surface area contributed by atoms with E-state index in [0.29, 0.717) is 17.1 Å². The molecular formula is C19H16N4O5. The smallest absolute Gasteiger partial charge is 0.310 e. The number of nitro benzene ring substituents is 1. The number of imidazole rings is 1. The number of ether oxygens (including phenoxy) is 1. The second kappa shape index (κ2) is 8.12. The fraction of sp³-hybridized carbons (Fsp3) is 0.105. The molecule has 0 aliphatic heterocycles. The van der Waals surface area contributed by atoms with Crippen molar-refractivity contribution in [2.24, 2.45) is 7.05 Å². The third-order valence-electron chi connectivity index (χ3n) is 3.88. The standard InChI is InChI=1S/C19H16N4O5/c1-22-11-10-20-19(22)18(25)13-6-8-14(9-7-13)21-17(24)12-28-16-5-3-2-4-15(16)23(26)27/h2-11H,12H2,1H3,(H,21,24). The van der Waals surface area contributed by atoms with Gasteiger partial charge in [0.2, 0.25) is 5.78 Å². The lowest BCUT2D eigenvalue weighted by Crippen LogP contribution is -2.20. The Labute approximate surface area is 159 Å². The molecule has 0 saturated carbocycles. The summed E-state index contributed by atoms with van der Waals surface area (Å²) in [6.07, 6.45) is 3.22. The molecule has 0 spiro atoms. The number of carbonyl (C=O) groups excluding carboxylic acids is 2. The van der Waals surface area contributed by atoms with Crippen LogP contribution < -0.4 is 10.1 Å². The van der Waals surface area contributed by atoms with Gasteiger partial charge in [-0.15, -0.1) is 0 Å². The molecule has 0 aliphatic rings. The van der Waals surface area contributed by atoms with Crippen molar-refractivity contribution in [1.82, 2.24) is 9.55 Å². The summed E-state index contributed by atoms with van der Waals surface area (Å²) in [5.74, 6) is -0.389. The number of para-hydroxylation sites is 2. The number of nitrogens with zero attached hydrogens (tertiary/aromatic N) is 3. The van der Waals surface area contributed by atoms with Crippen molar-refractivity contribution in [3.05, 3.63) is 82.4 Å². The minimum Gasteiger partial charge on any atom is -0.477 e. The molecule has 0 aliphatic carbocycles. The summed E-state index contributed by atoms with van der Waals surface area (Å²) < 4.78 is 6.86. The number of amides is 1. The van der Waals surface area contributed by atoms with Crippen LogP contribution in [0.1, 0.15) is 16.2 Å². The first-order valence-corrected chi connectivity index (χ1v) is 8.24. The van der Waals surface area contributed by atoms with Crippen LogP contribution in [-0.4, -0.2) is 32.8 Å². The molecule has 3 rings (SSSR count). The van der Waals surface area contributed by atoms with E-state index < -0.39 is 17.4 Å². The van der Waals surface area contributed by atoms with Crippen LogP contribution in [0.15, 0.2) is 60.9 Å². The van der Waals surface area contributed by atoms with Crippen molar-refractivity contribution < 1.29 is 19.2 Å². The summed E-state index contributed by atoms with van der Waals surface area (Å²) >= 11 is 0. The molecule has 1 heterocycles. The van der Waals surface area contributed by atoms with Gasteiger partial charge in [-0.1, -0.05) is 12.1 Å². The van der Waals surface area contributed by atoms with E-state index >= 15 is 0 Å². The SMILES string of the molecule is Cn1ccnc1C(=O)c1ccc(NC(=O)COc2ccccc2[N+](=O)[O-])cc1. The Bertz CT molecular complexity index is 1030. The first-order valence-electron chi connectivity index (χ1n) is 8.24. The van der Waals surface area contributed by atoms with E-state index in [-0.39, 0.29) is 17.2 Å². The number of anilines is 1. The number of hydrogen-bond donors (Lipinski definition) is 1. The van der Waals surface area contributed by atoms with E-state index in [0.717, 1.165) is 0 Å². The van der Waals surface area contributed by atoms with E-state index in [4.69, 9.17) is 4.74 Å². The molecule has 0 fully saturated rings. The zero-order chi connectivity index (χ0) is 20.1. The Kier molecular flexibility index (Phi) is 5.45. The molecule has 0 saturated heterocycles. The van der Waals surface area contributed by atoms with Crippen LogP contribution in [0.4, 0.5) is 11.4 Å². The summed E-state index contributed by atoms with van der Waals surface area (Å²) in [7, 11) is 1.73. The minimum absolute atomic E-state index is 0.0127. The van der Waals surface area contributed by atoms with E-state index in [9.17, 15) is 19.7 Å². The van der Waals surface area contributed by atoms with Crippen LogP contribution in [0.2, 0.25) is 0 Å². The molecule has 28 heavy (non-hydrogen) atoms. The van der Waals surface area contributed by atoms with Gasteiger partial charge >= 0.3 is 5.69 Å². The minimum atomic E-state index is -0.579. The quantitative estimate of drug-likeness (QED) is 0.382. The number of rotatable bonds is 7. The van der Waals surface area contributed by atoms with Gasteiger partial charge in [-0.3, -0.25) is 19.7 Å². The zero-order valence-electron chi connectivity index (χ0n) is 14.9. The van der Waals surface area contributed by atoms with Crippen LogP contribution in [0.3, 0.4) is 0 Å². The molecule has 0 atom stereocenters. The maximum Gasteiger partial charge on any atom is 0.310 e. The number of hydrogen-bond acceptors (Lipinski definition) is 6. The number of benzene rings is 2. The number of nitrogens with one attached hydrogen (secondary N) is 1. The van der Waals surface area contributed by atoms with Gasteiger partial charge < -0.3 is 14.6 Å². The van der Waals surface area contributed by atoms with Crippen LogP contribution in [-0.2, 0) is 11.8 Å². The largest absolute Gasteiger partial charge is 0.477 e. The van der Waals surface area contributed by atoms with E-state index in [1.807, 2.05) is 0 Å². The lowest BCUT2D eigenvalue weighted by Gasteiger charge is -2.08. The van der Waals surface area contributed by atoms with Crippen molar-refractivity contribution in [1.29, 1.82) is 0 Å². The van der Waals surface area contributed by atoms with Crippen LogP contribution in [0, 0.1) is 10.1 Å². The van der Waals surface area contributed by atoms with Gasteiger partial charge in [0.25, 0.3) is 5.91 Å². The van der Waals surface area contributed by atoms with Gasteiger partial charge in [0.1, 0.15) is 0 Å². The first-order chi connectivity index (χ1) is 13.5. The predicted octanol–water partition coefficient (Wildman–Crippen LogP) is 2.58. The molecule has 9 heteroatoms. The maximum atomic E-state index is 12.4. The van der Waals surface area contributed by atoms with E-state index in [2.05, 4.69) is 10.3 Å². The van der Waals surface area contributed by atoms with Gasteiger partial charge in [0.05, 0.1) is 4.92 Å². The highest BCUT2D eigenvalue weighted by Crippen LogP contribution is 2.25. The Balaban J connectivity index is 1.60. The van der Waals surface area contributed by atoms with E-state index in [1.165, 1.54) is 18.2 Å². The summed E-state index contributed by atoms with van der Waals surface area (Å²) in [6.45, 7) is -0.390. The maximum absolute atomic E-state index is 12.4. The monoisotopic (exact) mass is 380 g/mol. The molecule has 142 valence electrons. The molecule has 3 aromatic rings. The molecular weight excluding hydrogens is 364 g/mol. The third kappa shape index (κ3) is 4.21. The second-order valence-corrected chi connectivity index (χ2v) is 5.83. The molecule has 0 unspecified atom stereocenters. The van der Waals surface area contributed by atoms with Crippen molar-refractivity contribution in [2.45, 2.75) is 0 Å². The molecule has 1 aromatic heterocycles. The molecule has 1 amide bonds. The Morgan fingerprint density at radius 2 is 1.89 bits per heavy atom. The Hall–Kier alpha value is -4.01. The highest BCUT2D eigenvalue weighted by Gasteiger charge is 2.16. The highest BCUT2D eigenvalue weighted by molar-refractivity contribution is 6.07. The van der Waals surface area contributed by atoms with Crippen LogP contribution in [0.5, 0.6) is 5.75 Å². The topological polar surface area (TPSA) is 116 Å². The molecule has 2 aromatic carbocycles. The van der Waals surface area contributed by atoms with Gasteiger partial charge in [-0.05, 0) is 30.3 Å². The molecule has 0 radical (unpaired) electrons. The molecule has 0 bridgehead atoms. The lowest BCUT2D eigenvalue weighted by atomic mass is 10.1. The van der Waals surface area contributed by atoms with Crippen LogP contribution >= 0.6 is 0 Å². The van der Waals surface area contributed by atoms with Crippen molar-refractivity contribution in [3.8, 4) is 5.75 Å². The average molecular weight is 380 g/mol. The third-order valence-corrected chi connectivity index (χ3v) is 3.88. The predicted molar refractivity (Wildman–Crippen MR) is 100 cm³/mol. The summed E-state index contributed by atoms with van der Waals surface area (Å²) in [4.78, 5) is 38.8. The first kappa shape index (κ1) is 18.8. The number of aryl methyl sites for hydroxylation is 1. The number of aromatic nitrogens is 2. The number of nitro groups is 1. The second-order valence-electron chi connectivity index (χ2n) is 5.83. The number of carbonyl (C=O) groups is 2. The van der Waals surface area contributed by atoms with Gasteiger partial charge in [-0.25, -0.2) is 4.98 Å². The Morgan fingerprint density at radius 1 is 1.18 bits per heavy atom. The van der Waals surface area contributed by atoms with Gasteiger partial charge in [0, 0.05) is 36.8 Å².